The third-order valence-corrected chi connectivity index (χ3v) is 3.53. The van der Waals surface area contributed by atoms with Gasteiger partial charge >= 0.3 is 0 Å². The van der Waals surface area contributed by atoms with Gasteiger partial charge in [-0.25, -0.2) is 0 Å². The molecule has 2 N–H and O–H groups in total. The van der Waals surface area contributed by atoms with E-state index in [-0.39, 0.29) is 5.54 Å². The second-order valence-electron chi connectivity index (χ2n) is 4.53. The molecule has 0 fully saturated rings. The lowest BCUT2D eigenvalue weighted by Gasteiger charge is -2.33. The Balaban J connectivity index is 3.04. The highest BCUT2D eigenvalue weighted by molar-refractivity contribution is 5.33. The summed E-state index contributed by atoms with van der Waals surface area (Å²) in [5.41, 5.74) is 7.34. The zero-order valence-corrected chi connectivity index (χ0v) is 10.8. The summed E-state index contributed by atoms with van der Waals surface area (Å²) in [6.07, 6.45) is 2.20. The minimum atomic E-state index is -0.280. The van der Waals surface area contributed by atoms with Gasteiger partial charge in [-0.05, 0) is 30.5 Å². The van der Waals surface area contributed by atoms with E-state index in [0.717, 1.165) is 24.2 Å². The molecule has 1 rings (SSSR count). The highest BCUT2D eigenvalue weighted by Gasteiger charge is 2.29. The molecule has 0 aliphatic rings. The van der Waals surface area contributed by atoms with Gasteiger partial charge in [0.2, 0.25) is 0 Å². The molecule has 0 heterocycles. The monoisotopic (exact) mass is 221 g/mol. The molecule has 2 heteroatoms. The average molecular weight is 221 g/mol. The highest BCUT2D eigenvalue weighted by atomic mass is 16.5. The number of benzene rings is 1. The van der Waals surface area contributed by atoms with Crippen LogP contribution in [0.5, 0.6) is 5.75 Å². The van der Waals surface area contributed by atoms with Crippen LogP contribution in [0.3, 0.4) is 0 Å². The van der Waals surface area contributed by atoms with Crippen LogP contribution in [0.4, 0.5) is 0 Å². The van der Waals surface area contributed by atoms with E-state index in [1.54, 1.807) is 7.11 Å². The van der Waals surface area contributed by atoms with Crippen molar-refractivity contribution in [3.8, 4) is 5.75 Å². The van der Waals surface area contributed by atoms with E-state index < -0.39 is 0 Å². The van der Waals surface area contributed by atoms with E-state index in [4.69, 9.17) is 10.5 Å². The standard InChI is InChI=1S/C14H23NO/c1-5-11(6-2)14(3,15)12-8-7-9-13(10-12)16-4/h7-11H,5-6,15H2,1-4H3. The summed E-state index contributed by atoms with van der Waals surface area (Å²) in [5.74, 6) is 1.37. The molecule has 1 aromatic carbocycles. The molecule has 0 aromatic heterocycles. The van der Waals surface area contributed by atoms with Gasteiger partial charge in [-0.3, -0.25) is 0 Å². The van der Waals surface area contributed by atoms with E-state index in [1.807, 2.05) is 18.2 Å². The first-order valence-electron chi connectivity index (χ1n) is 5.99. The summed E-state index contributed by atoms with van der Waals surface area (Å²) >= 11 is 0. The van der Waals surface area contributed by atoms with Gasteiger partial charge in [0.15, 0.2) is 0 Å². The molecule has 90 valence electrons. The van der Waals surface area contributed by atoms with Crippen molar-refractivity contribution in [3.63, 3.8) is 0 Å². The predicted molar refractivity (Wildman–Crippen MR) is 68.6 cm³/mol. The first-order chi connectivity index (χ1) is 7.56. The van der Waals surface area contributed by atoms with Crippen LogP contribution in [-0.4, -0.2) is 7.11 Å². The third kappa shape index (κ3) is 2.56. The maximum Gasteiger partial charge on any atom is 0.119 e. The highest BCUT2D eigenvalue weighted by Crippen LogP contribution is 2.32. The molecular formula is C14H23NO. The van der Waals surface area contributed by atoms with Crippen LogP contribution in [0.2, 0.25) is 0 Å². The molecule has 16 heavy (non-hydrogen) atoms. The number of hydrogen-bond acceptors (Lipinski definition) is 2. The van der Waals surface area contributed by atoms with Crippen molar-refractivity contribution in [2.24, 2.45) is 11.7 Å². The Labute approximate surface area is 98.8 Å². The molecule has 0 saturated carbocycles. The minimum absolute atomic E-state index is 0.280. The van der Waals surface area contributed by atoms with Crippen molar-refractivity contribution in [3.05, 3.63) is 29.8 Å². The van der Waals surface area contributed by atoms with Crippen LogP contribution in [0.15, 0.2) is 24.3 Å². The van der Waals surface area contributed by atoms with Crippen molar-refractivity contribution < 1.29 is 4.74 Å². The summed E-state index contributed by atoms with van der Waals surface area (Å²) < 4.78 is 5.24. The molecule has 1 unspecified atom stereocenters. The Bertz CT molecular complexity index is 329. The number of methoxy groups -OCH3 is 1. The normalized spacial score (nSPS) is 14.9. The molecule has 0 amide bonds. The fraction of sp³-hybridized carbons (Fsp3) is 0.571. The average Bonchev–Trinajstić information content (AvgIpc) is 2.30. The van der Waals surface area contributed by atoms with Crippen molar-refractivity contribution in [2.75, 3.05) is 7.11 Å². The predicted octanol–water partition coefficient (Wildman–Crippen LogP) is 3.31. The van der Waals surface area contributed by atoms with Crippen LogP contribution >= 0.6 is 0 Å². The molecular weight excluding hydrogens is 198 g/mol. The van der Waals surface area contributed by atoms with Crippen LogP contribution in [0.1, 0.15) is 39.2 Å². The van der Waals surface area contributed by atoms with E-state index in [1.165, 1.54) is 0 Å². The maximum absolute atomic E-state index is 6.47. The first-order valence-corrected chi connectivity index (χ1v) is 5.99. The Morgan fingerprint density at radius 1 is 1.31 bits per heavy atom. The van der Waals surface area contributed by atoms with Crippen LogP contribution in [0.25, 0.3) is 0 Å². The molecule has 0 spiro atoms. The number of ether oxygens (including phenoxy) is 1. The number of rotatable bonds is 5. The van der Waals surface area contributed by atoms with Gasteiger partial charge in [0.25, 0.3) is 0 Å². The third-order valence-electron chi connectivity index (χ3n) is 3.53. The van der Waals surface area contributed by atoms with Crippen LogP contribution < -0.4 is 10.5 Å². The van der Waals surface area contributed by atoms with Gasteiger partial charge in [0.05, 0.1) is 7.11 Å². The van der Waals surface area contributed by atoms with Gasteiger partial charge in [-0.1, -0.05) is 38.8 Å². The number of hydrogen-bond donors (Lipinski definition) is 1. The van der Waals surface area contributed by atoms with E-state index in [9.17, 15) is 0 Å². The molecule has 0 saturated heterocycles. The first kappa shape index (κ1) is 13.0. The molecule has 1 atom stereocenters. The second-order valence-corrected chi connectivity index (χ2v) is 4.53. The Hall–Kier alpha value is -1.02. The SMILES string of the molecule is CCC(CC)C(C)(N)c1cccc(OC)c1. The fourth-order valence-corrected chi connectivity index (χ4v) is 2.33. The van der Waals surface area contributed by atoms with Crippen molar-refractivity contribution in [1.29, 1.82) is 0 Å². The Morgan fingerprint density at radius 2 is 1.94 bits per heavy atom. The smallest absolute Gasteiger partial charge is 0.119 e. The lowest BCUT2D eigenvalue weighted by molar-refractivity contribution is 0.281. The van der Waals surface area contributed by atoms with Crippen LogP contribution in [0, 0.1) is 5.92 Å². The zero-order chi connectivity index (χ0) is 12.2. The zero-order valence-electron chi connectivity index (χ0n) is 10.8. The van der Waals surface area contributed by atoms with Gasteiger partial charge in [-0.15, -0.1) is 0 Å². The van der Waals surface area contributed by atoms with E-state index >= 15 is 0 Å². The molecule has 0 radical (unpaired) electrons. The quantitative estimate of drug-likeness (QED) is 0.828. The van der Waals surface area contributed by atoms with Gasteiger partial charge < -0.3 is 10.5 Å². The molecule has 0 bridgehead atoms. The van der Waals surface area contributed by atoms with E-state index in [2.05, 4.69) is 26.8 Å². The molecule has 2 nitrogen and oxygen atoms in total. The van der Waals surface area contributed by atoms with Crippen molar-refractivity contribution in [2.45, 2.75) is 39.2 Å². The topological polar surface area (TPSA) is 35.2 Å². The summed E-state index contributed by atoms with van der Waals surface area (Å²) in [6, 6.07) is 8.08. The molecule has 0 aliphatic heterocycles. The van der Waals surface area contributed by atoms with E-state index in [0.29, 0.717) is 5.92 Å². The summed E-state index contributed by atoms with van der Waals surface area (Å²) in [4.78, 5) is 0. The molecule has 0 aliphatic carbocycles. The summed E-state index contributed by atoms with van der Waals surface area (Å²) in [7, 11) is 1.68. The Kier molecular flexibility index (Phi) is 4.36. The van der Waals surface area contributed by atoms with Gasteiger partial charge in [-0.2, -0.15) is 0 Å². The lowest BCUT2D eigenvalue weighted by atomic mass is 9.77. The van der Waals surface area contributed by atoms with Crippen molar-refractivity contribution >= 4 is 0 Å². The largest absolute Gasteiger partial charge is 0.497 e. The van der Waals surface area contributed by atoms with Gasteiger partial charge in [0.1, 0.15) is 5.75 Å². The molecule has 1 aromatic rings. The summed E-state index contributed by atoms with van der Waals surface area (Å²) in [6.45, 7) is 6.50. The van der Waals surface area contributed by atoms with Crippen LogP contribution in [-0.2, 0) is 5.54 Å². The second kappa shape index (κ2) is 5.35. The fourth-order valence-electron chi connectivity index (χ4n) is 2.33. The number of nitrogens with two attached hydrogens (primary N) is 1. The Morgan fingerprint density at radius 3 is 2.44 bits per heavy atom. The summed E-state index contributed by atoms with van der Waals surface area (Å²) in [5, 5.41) is 0. The maximum atomic E-state index is 6.47. The lowest BCUT2D eigenvalue weighted by Crippen LogP contribution is -2.40. The minimum Gasteiger partial charge on any atom is -0.497 e. The van der Waals surface area contributed by atoms with Gasteiger partial charge in [0, 0.05) is 5.54 Å². The van der Waals surface area contributed by atoms with Crippen molar-refractivity contribution in [1.82, 2.24) is 0 Å².